The quantitative estimate of drug-likeness (QED) is 0.511. The maximum Gasteiger partial charge on any atom is 0.230 e. The average Bonchev–Trinajstić information content (AvgIpc) is 3.56. The summed E-state index contributed by atoms with van der Waals surface area (Å²) in [7, 11) is 1.76. The van der Waals surface area contributed by atoms with Gasteiger partial charge in [-0.05, 0) is 44.0 Å². The summed E-state index contributed by atoms with van der Waals surface area (Å²) >= 11 is 0. The van der Waals surface area contributed by atoms with Gasteiger partial charge in [0.1, 0.15) is 11.5 Å². The molecule has 2 amide bonds. The molecular formula is C26H29N7O3. The van der Waals surface area contributed by atoms with Gasteiger partial charge in [0.25, 0.3) is 0 Å². The summed E-state index contributed by atoms with van der Waals surface area (Å²) in [5.74, 6) is 1.32. The van der Waals surface area contributed by atoms with Gasteiger partial charge in [-0.25, -0.2) is 4.98 Å². The molecule has 2 aliphatic rings. The molecule has 0 spiro atoms. The van der Waals surface area contributed by atoms with Crippen molar-refractivity contribution in [1.29, 1.82) is 5.41 Å². The minimum Gasteiger partial charge on any atom is -0.373 e. The summed E-state index contributed by atoms with van der Waals surface area (Å²) in [5, 5.41) is 15.0. The molecule has 1 unspecified atom stereocenters. The Morgan fingerprint density at radius 3 is 2.56 bits per heavy atom. The molecule has 2 saturated heterocycles. The van der Waals surface area contributed by atoms with E-state index < -0.39 is 0 Å². The highest BCUT2D eigenvalue weighted by molar-refractivity contribution is 6.01. The van der Waals surface area contributed by atoms with Gasteiger partial charge in [0.05, 0.1) is 5.92 Å². The van der Waals surface area contributed by atoms with Crippen molar-refractivity contribution in [3.63, 3.8) is 0 Å². The SMILES string of the molecule is CNc1nc(-c2noc(C3CCN(C(=O)C4CC(=O)N(c5ccccc5)C4)CC3)n2)ccc1C(C)=N. The summed E-state index contributed by atoms with van der Waals surface area (Å²) in [6, 6.07) is 13.1. The van der Waals surface area contributed by atoms with E-state index in [1.54, 1.807) is 24.9 Å². The third kappa shape index (κ3) is 4.58. The van der Waals surface area contributed by atoms with Crippen molar-refractivity contribution >= 4 is 29.0 Å². The second-order valence-electron chi connectivity index (χ2n) is 9.26. The molecule has 0 radical (unpaired) electrons. The van der Waals surface area contributed by atoms with Crippen molar-refractivity contribution in [3.8, 4) is 11.5 Å². The summed E-state index contributed by atoms with van der Waals surface area (Å²) in [5.41, 5.74) is 2.55. The van der Waals surface area contributed by atoms with Crippen LogP contribution < -0.4 is 10.2 Å². The number of aromatic nitrogens is 3. The van der Waals surface area contributed by atoms with Crippen molar-refractivity contribution in [1.82, 2.24) is 20.0 Å². The predicted molar refractivity (Wildman–Crippen MR) is 135 cm³/mol. The van der Waals surface area contributed by atoms with Gasteiger partial charge in [-0.1, -0.05) is 23.4 Å². The second-order valence-corrected chi connectivity index (χ2v) is 9.26. The molecule has 0 aliphatic carbocycles. The number of carbonyl (C=O) groups excluding carboxylic acids is 2. The van der Waals surface area contributed by atoms with Crippen molar-refractivity contribution in [2.45, 2.75) is 32.1 Å². The van der Waals surface area contributed by atoms with Crippen LogP contribution in [0.15, 0.2) is 47.0 Å². The molecule has 3 aromatic rings. The molecule has 10 heteroatoms. The first-order chi connectivity index (χ1) is 17.4. The Morgan fingerprint density at radius 2 is 1.86 bits per heavy atom. The van der Waals surface area contributed by atoms with Crippen molar-refractivity contribution in [2.24, 2.45) is 5.92 Å². The Kier molecular flexibility index (Phi) is 6.49. The van der Waals surface area contributed by atoms with E-state index in [-0.39, 0.29) is 30.1 Å². The molecular weight excluding hydrogens is 458 g/mol. The molecule has 10 nitrogen and oxygen atoms in total. The fraction of sp³-hybridized carbons (Fsp3) is 0.385. The van der Waals surface area contributed by atoms with E-state index in [9.17, 15) is 9.59 Å². The van der Waals surface area contributed by atoms with Crippen molar-refractivity contribution in [3.05, 3.63) is 53.9 Å². The Labute approximate surface area is 209 Å². The topological polar surface area (TPSA) is 128 Å². The van der Waals surface area contributed by atoms with Crippen LogP contribution in [0.25, 0.3) is 11.5 Å². The number of carbonyl (C=O) groups is 2. The van der Waals surface area contributed by atoms with Crippen LogP contribution in [-0.2, 0) is 9.59 Å². The molecule has 1 atom stereocenters. The highest BCUT2D eigenvalue weighted by Crippen LogP contribution is 2.31. The van der Waals surface area contributed by atoms with Crippen LogP contribution in [0.2, 0.25) is 0 Å². The number of benzene rings is 1. The minimum absolute atomic E-state index is 0.00771. The molecule has 4 heterocycles. The Balaban J connectivity index is 1.20. The van der Waals surface area contributed by atoms with Gasteiger partial charge in [-0.3, -0.25) is 9.59 Å². The lowest BCUT2D eigenvalue weighted by Crippen LogP contribution is -2.42. The zero-order chi connectivity index (χ0) is 25.2. The van der Waals surface area contributed by atoms with Crippen LogP contribution in [0.1, 0.15) is 43.6 Å². The molecule has 0 bridgehead atoms. The van der Waals surface area contributed by atoms with E-state index in [0.29, 0.717) is 48.6 Å². The first-order valence-electron chi connectivity index (χ1n) is 12.2. The zero-order valence-electron chi connectivity index (χ0n) is 20.4. The Morgan fingerprint density at radius 1 is 1.11 bits per heavy atom. The number of rotatable bonds is 6. The number of para-hydroxylation sites is 1. The normalized spacial score (nSPS) is 18.5. The van der Waals surface area contributed by atoms with Gasteiger partial charge in [0, 0.05) is 56.0 Å². The molecule has 36 heavy (non-hydrogen) atoms. The van der Waals surface area contributed by atoms with Gasteiger partial charge in [-0.15, -0.1) is 0 Å². The molecule has 2 fully saturated rings. The van der Waals surface area contributed by atoms with Crippen LogP contribution in [0.3, 0.4) is 0 Å². The monoisotopic (exact) mass is 487 g/mol. The van der Waals surface area contributed by atoms with E-state index >= 15 is 0 Å². The highest BCUT2D eigenvalue weighted by atomic mass is 16.5. The number of pyridine rings is 1. The summed E-state index contributed by atoms with van der Waals surface area (Å²) in [6.07, 6.45) is 1.69. The van der Waals surface area contributed by atoms with Crippen LogP contribution in [-0.4, -0.2) is 64.2 Å². The number of anilines is 2. The number of likely N-dealkylation sites (tertiary alicyclic amines) is 1. The zero-order valence-corrected chi connectivity index (χ0v) is 20.4. The minimum atomic E-state index is -0.315. The molecule has 2 aliphatic heterocycles. The van der Waals surface area contributed by atoms with E-state index in [1.165, 1.54) is 0 Å². The van der Waals surface area contributed by atoms with Gasteiger partial charge in [0.2, 0.25) is 23.5 Å². The van der Waals surface area contributed by atoms with Crippen molar-refractivity contribution < 1.29 is 14.1 Å². The summed E-state index contributed by atoms with van der Waals surface area (Å²) in [6.45, 7) is 3.32. The van der Waals surface area contributed by atoms with E-state index in [2.05, 4.69) is 20.4 Å². The van der Waals surface area contributed by atoms with E-state index in [0.717, 1.165) is 24.1 Å². The fourth-order valence-electron chi connectivity index (χ4n) is 4.92. The molecule has 186 valence electrons. The predicted octanol–water partition coefficient (Wildman–Crippen LogP) is 3.32. The van der Waals surface area contributed by atoms with Gasteiger partial charge in [0.15, 0.2) is 0 Å². The first-order valence-corrected chi connectivity index (χ1v) is 12.2. The van der Waals surface area contributed by atoms with Crippen molar-refractivity contribution in [2.75, 3.05) is 36.9 Å². The third-order valence-corrected chi connectivity index (χ3v) is 6.90. The van der Waals surface area contributed by atoms with Gasteiger partial charge in [-0.2, -0.15) is 4.98 Å². The number of hydrogen-bond acceptors (Lipinski definition) is 8. The number of piperidine rings is 1. The lowest BCUT2D eigenvalue weighted by Gasteiger charge is -2.32. The molecule has 0 saturated carbocycles. The molecule has 5 rings (SSSR count). The van der Waals surface area contributed by atoms with Gasteiger partial charge >= 0.3 is 0 Å². The standard InChI is InChI=1S/C26H29N7O3/c1-16(27)20-8-9-21(29-23(20)28-2)24-30-25(36-31-24)17-10-12-32(13-11-17)26(35)18-14-22(34)33(15-18)19-6-4-3-5-7-19/h3-9,17-18,27H,10-15H2,1-2H3,(H,28,29). The number of nitrogens with one attached hydrogen (secondary N) is 2. The van der Waals surface area contributed by atoms with E-state index in [1.807, 2.05) is 41.3 Å². The highest BCUT2D eigenvalue weighted by Gasteiger charge is 2.38. The lowest BCUT2D eigenvalue weighted by molar-refractivity contribution is -0.136. The maximum absolute atomic E-state index is 13.2. The van der Waals surface area contributed by atoms with Crippen LogP contribution in [0.5, 0.6) is 0 Å². The molecule has 2 N–H and O–H groups in total. The number of nitrogens with zero attached hydrogens (tertiary/aromatic N) is 5. The Hall–Kier alpha value is -4.08. The maximum atomic E-state index is 13.2. The van der Waals surface area contributed by atoms with Crippen LogP contribution in [0, 0.1) is 11.3 Å². The van der Waals surface area contributed by atoms with E-state index in [4.69, 9.17) is 9.93 Å². The summed E-state index contributed by atoms with van der Waals surface area (Å²) < 4.78 is 5.56. The largest absolute Gasteiger partial charge is 0.373 e. The Bertz CT molecular complexity index is 1280. The van der Waals surface area contributed by atoms with Crippen LogP contribution in [0.4, 0.5) is 11.5 Å². The third-order valence-electron chi connectivity index (χ3n) is 6.90. The number of amides is 2. The first kappa shape index (κ1) is 23.7. The average molecular weight is 488 g/mol. The molecule has 1 aromatic carbocycles. The lowest BCUT2D eigenvalue weighted by atomic mass is 9.95. The van der Waals surface area contributed by atoms with Crippen LogP contribution >= 0.6 is 0 Å². The van der Waals surface area contributed by atoms with Gasteiger partial charge < -0.3 is 25.0 Å². The second kappa shape index (κ2) is 9.88. The fourth-order valence-corrected chi connectivity index (χ4v) is 4.92. The summed E-state index contributed by atoms with van der Waals surface area (Å²) in [4.78, 5) is 38.4. The smallest absolute Gasteiger partial charge is 0.230 e. The molecule has 2 aromatic heterocycles. The number of hydrogen-bond donors (Lipinski definition) is 2.